The molecule has 1 aliphatic rings. The van der Waals surface area contributed by atoms with E-state index < -0.39 is 0 Å². The standard InChI is InChI=1S/C16H24N2O3/c1-11-5-4-8-17-15(11)16(19)18-10-12-6-7-13(20-2)9-14(12)21-3/h6-7,9,11,15,17H,4-5,8,10H2,1-3H3,(H,18,19). The first-order valence-corrected chi connectivity index (χ1v) is 7.37. The summed E-state index contributed by atoms with van der Waals surface area (Å²) in [6.45, 7) is 3.48. The van der Waals surface area contributed by atoms with Gasteiger partial charge in [0.05, 0.1) is 20.3 Å². The second-order valence-corrected chi connectivity index (χ2v) is 5.45. The van der Waals surface area contributed by atoms with Gasteiger partial charge in [-0.25, -0.2) is 0 Å². The van der Waals surface area contributed by atoms with Crippen LogP contribution in [0.15, 0.2) is 18.2 Å². The molecule has 1 heterocycles. The molecule has 21 heavy (non-hydrogen) atoms. The Bertz CT molecular complexity index is 490. The van der Waals surface area contributed by atoms with Crippen molar-refractivity contribution in [1.29, 1.82) is 0 Å². The van der Waals surface area contributed by atoms with Crippen molar-refractivity contribution in [3.63, 3.8) is 0 Å². The van der Waals surface area contributed by atoms with E-state index >= 15 is 0 Å². The second-order valence-electron chi connectivity index (χ2n) is 5.45. The van der Waals surface area contributed by atoms with Crippen LogP contribution in [0.25, 0.3) is 0 Å². The normalized spacial score (nSPS) is 21.7. The summed E-state index contributed by atoms with van der Waals surface area (Å²) in [5.74, 6) is 1.89. The van der Waals surface area contributed by atoms with E-state index in [4.69, 9.17) is 9.47 Å². The van der Waals surface area contributed by atoms with Crippen molar-refractivity contribution in [2.24, 2.45) is 5.92 Å². The van der Waals surface area contributed by atoms with Gasteiger partial charge in [0.25, 0.3) is 0 Å². The molecule has 1 fully saturated rings. The number of nitrogens with one attached hydrogen (secondary N) is 2. The zero-order valence-corrected chi connectivity index (χ0v) is 12.9. The Morgan fingerprint density at radius 1 is 1.38 bits per heavy atom. The molecule has 1 aromatic carbocycles. The minimum atomic E-state index is -0.0945. The molecule has 5 heteroatoms. The van der Waals surface area contributed by atoms with Crippen LogP contribution in [0.2, 0.25) is 0 Å². The summed E-state index contributed by atoms with van der Waals surface area (Å²) in [5, 5.41) is 6.28. The Kier molecular flexibility index (Phi) is 5.44. The zero-order chi connectivity index (χ0) is 15.2. The fraction of sp³-hybridized carbons (Fsp3) is 0.562. The van der Waals surface area contributed by atoms with E-state index in [2.05, 4.69) is 17.6 Å². The first kappa shape index (κ1) is 15.6. The Morgan fingerprint density at radius 3 is 2.86 bits per heavy atom. The maximum atomic E-state index is 12.3. The lowest BCUT2D eigenvalue weighted by molar-refractivity contribution is -0.125. The van der Waals surface area contributed by atoms with Crippen LogP contribution in [-0.4, -0.2) is 32.7 Å². The molecular formula is C16H24N2O3. The number of piperidine rings is 1. The van der Waals surface area contributed by atoms with E-state index in [0.717, 1.165) is 36.4 Å². The van der Waals surface area contributed by atoms with Gasteiger partial charge in [0.1, 0.15) is 11.5 Å². The van der Waals surface area contributed by atoms with Gasteiger partial charge in [-0.2, -0.15) is 0 Å². The minimum Gasteiger partial charge on any atom is -0.497 e. The van der Waals surface area contributed by atoms with E-state index in [9.17, 15) is 4.79 Å². The van der Waals surface area contributed by atoms with Crippen molar-refractivity contribution in [3.05, 3.63) is 23.8 Å². The molecule has 1 saturated heterocycles. The number of hydrogen-bond donors (Lipinski definition) is 2. The molecule has 0 spiro atoms. The van der Waals surface area contributed by atoms with Gasteiger partial charge in [-0.3, -0.25) is 4.79 Å². The largest absolute Gasteiger partial charge is 0.497 e. The number of benzene rings is 1. The summed E-state index contributed by atoms with van der Waals surface area (Å²) < 4.78 is 10.5. The van der Waals surface area contributed by atoms with Crippen molar-refractivity contribution in [3.8, 4) is 11.5 Å². The summed E-state index contributed by atoms with van der Waals surface area (Å²) >= 11 is 0. The summed E-state index contributed by atoms with van der Waals surface area (Å²) in [5.41, 5.74) is 0.940. The average molecular weight is 292 g/mol. The number of ether oxygens (including phenoxy) is 2. The highest BCUT2D eigenvalue weighted by Crippen LogP contribution is 2.24. The van der Waals surface area contributed by atoms with Gasteiger partial charge in [-0.1, -0.05) is 6.92 Å². The zero-order valence-electron chi connectivity index (χ0n) is 12.9. The summed E-state index contributed by atoms with van der Waals surface area (Å²) in [4.78, 5) is 12.3. The van der Waals surface area contributed by atoms with Crippen LogP contribution in [0.1, 0.15) is 25.3 Å². The van der Waals surface area contributed by atoms with Gasteiger partial charge >= 0.3 is 0 Å². The second kappa shape index (κ2) is 7.31. The maximum absolute atomic E-state index is 12.3. The van der Waals surface area contributed by atoms with Gasteiger partial charge in [0, 0.05) is 18.2 Å². The van der Waals surface area contributed by atoms with Crippen LogP contribution >= 0.6 is 0 Å². The number of hydrogen-bond acceptors (Lipinski definition) is 4. The average Bonchev–Trinajstić information content (AvgIpc) is 2.52. The molecule has 1 aliphatic heterocycles. The van der Waals surface area contributed by atoms with Crippen molar-refractivity contribution >= 4 is 5.91 Å². The number of amides is 1. The molecule has 1 amide bonds. The van der Waals surface area contributed by atoms with Crippen LogP contribution in [0.4, 0.5) is 0 Å². The lowest BCUT2D eigenvalue weighted by Gasteiger charge is -2.29. The first-order valence-electron chi connectivity index (χ1n) is 7.37. The van der Waals surface area contributed by atoms with E-state index in [0.29, 0.717) is 12.5 Å². The van der Waals surface area contributed by atoms with Gasteiger partial charge in [0.2, 0.25) is 5.91 Å². The highest BCUT2D eigenvalue weighted by atomic mass is 16.5. The van der Waals surface area contributed by atoms with E-state index in [1.807, 2.05) is 18.2 Å². The lowest BCUT2D eigenvalue weighted by Crippen LogP contribution is -2.50. The van der Waals surface area contributed by atoms with E-state index in [1.165, 1.54) is 0 Å². The third-order valence-electron chi connectivity index (χ3n) is 4.00. The SMILES string of the molecule is COc1ccc(CNC(=O)C2NCCCC2C)c(OC)c1. The highest BCUT2D eigenvalue weighted by molar-refractivity contribution is 5.82. The Balaban J connectivity index is 1.97. The first-order chi connectivity index (χ1) is 10.2. The van der Waals surface area contributed by atoms with E-state index in [-0.39, 0.29) is 11.9 Å². The smallest absolute Gasteiger partial charge is 0.237 e. The number of rotatable bonds is 5. The highest BCUT2D eigenvalue weighted by Gasteiger charge is 2.27. The molecule has 2 atom stereocenters. The molecule has 0 radical (unpaired) electrons. The van der Waals surface area contributed by atoms with Gasteiger partial charge in [0.15, 0.2) is 0 Å². The number of carbonyl (C=O) groups excluding carboxylic acids is 1. The Morgan fingerprint density at radius 2 is 2.19 bits per heavy atom. The van der Waals surface area contributed by atoms with Crippen molar-refractivity contribution < 1.29 is 14.3 Å². The summed E-state index contributed by atoms with van der Waals surface area (Å²) in [6.07, 6.45) is 2.23. The van der Waals surface area contributed by atoms with Crippen LogP contribution in [0.5, 0.6) is 11.5 Å². The topological polar surface area (TPSA) is 59.6 Å². The summed E-state index contributed by atoms with van der Waals surface area (Å²) in [7, 11) is 3.23. The quantitative estimate of drug-likeness (QED) is 0.867. The van der Waals surface area contributed by atoms with Crippen LogP contribution < -0.4 is 20.1 Å². The third kappa shape index (κ3) is 3.88. The third-order valence-corrected chi connectivity index (χ3v) is 4.00. The monoisotopic (exact) mass is 292 g/mol. The minimum absolute atomic E-state index is 0.0556. The molecule has 0 aromatic heterocycles. The molecule has 0 saturated carbocycles. The molecule has 2 N–H and O–H groups in total. The molecule has 0 aliphatic carbocycles. The lowest BCUT2D eigenvalue weighted by atomic mass is 9.92. The predicted molar refractivity (Wildman–Crippen MR) is 81.6 cm³/mol. The van der Waals surface area contributed by atoms with Crippen LogP contribution in [-0.2, 0) is 11.3 Å². The van der Waals surface area contributed by atoms with Gasteiger partial charge < -0.3 is 20.1 Å². The van der Waals surface area contributed by atoms with Gasteiger partial charge in [-0.05, 0) is 37.4 Å². The van der Waals surface area contributed by atoms with Crippen molar-refractivity contribution in [2.75, 3.05) is 20.8 Å². The van der Waals surface area contributed by atoms with E-state index in [1.54, 1.807) is 14.2 Å². The molecular weight excluding hydrogens is 268 g/mol. The molecule has 5 nitrogen and oxygen atoms in total. The Labute approximate surface area is 126 Å². The molecule has 2 rings (SSSR count). The van der Waals surface area contributed by atoms with Gasteiger partial charge in [-0.15, -0.1) is 0 Å². The van der Waals surface area contributed by atoms with Crippen LogP contribution in [0, 0.1) is 5.92 Å². The molecule has 0 bridgehead atoms. The maximum Gasteiger partial charge on any atom is 0.237 e. The fourth-order valence-electron chi connectivity index (χ4n) is 2.69. The predicted octanol–water partition coefficient (Wildman–Crippen LogP) is 1.71. The molecule has 1 aromatic rings. The summed E-state index contributed by atoms with van der Waals surface area (Å²) in [6, 6.07) is 5.51. The molecule has 116 valence electrons. The Hall–Kier alpha value is -1.75. The number of carbonyl (C=O) groups is 1. The van der Waals surface area contributed by atoms with Crippen molar-refractivity contribution in [1.82, 2.24) is 10.6 Å². The number of methoxy groups -OCH3 is 2. The van der Waals surface area contributed by atoms with Crippen LogP contribution in [0.3, 0.4) is 0 Å². The fourth-order valence-corrected chi connectivity index (χ4v) is 2.69. The molecule has 2 unspecified atom stereocenters. The van der Waals surface area contributed by atoms with Crippen molar-refractivity contribution in [2.45, 2.75) is 32.4 Å².